The molecule has 118 valence electrons. The lowest BCUT2D eigenvalue weighted by atomic mass is 9.49. The number of aliphatic hydroxyl groups excluding tert-OH is 1. The fourth-order valence-corrected chi connectivity index (χ4v) is 4.89. The van der Waals surface area contributed by atoms with E-state index in [1.54, 1.807) is 13.0 Å². The summed E-state index contributed by atoms with van der Waals surface area (Å²) in [5, 5.41) is 21.6. The third-order valence-electron chi connectivity index (χ3n) is 6.36. The van der Waals surface area contributed by atoms with Crippen LogP contribution in [0.15, 0.2) is 23.8 Å². The normalized spacial score (nSPS) is 52.6. The molecule has 2 saturated heterocycles. The van der Waals surface area contributed by atoms with Crippen LogP contribution in [0, 0.1) is 16.7 Å². The van der Waals surface area contributed by atoms with E-state index in [2.05, 4.69) is 6.58 Å². The summed E-state index contributed by atoms with van der Waals surface area (Å²) in [5.74, 6) is -1.76. The number of rotatable bonds is 0. The second-order valence-corrected chi connectivity index (χ2v) is 7.10. The van der Waals surface area contributed by atoms with E-state index in [4.69, 9.17) is 9.47 Å². The molecule has 6 heteroatoms. The first-order chi connectivity index (χ1) is 10.2. The number of hydrogen-bond acceptors (Lipinski definition) is 6. The summed E-state index contributed by atoms with van der Waals surface area (Å²) in [6, 6.07) is 0. The average molecular weight is 306 g/mol. The molecule has 6 nitrogen and oxygen atoms in total. The Morgan fingerprint density at radius 3 is 2.77 bits per heavy atom. The zero-order valence-electron chi connectivity index (χ0n) is 12.5. The Kier molecular flexibility index (Phi) is 2.30. The highest BCUT2D eigenvalue weighted by Gasteiger charge is 2.78. The molecule has 0 radical (unpaired) electrons. The number of hydrogen-bond donors (Lipinski definition) is 2. The van der Waals surface area contributed by atoms with Crippen LogP contribution in [-0.4, -0.2) is 46.6 Å². The second kappa shape index (κ2) is 3.63. The van der Waals surface area contributed by atoms with Crippen molar-refractivity contribution in [2.24, 2.45) is 16.7 Å². The van der Waals surface area contributed by atoms with Crippen LogP contribution in [0.3, 0.4) is 0 Å². The number of carbonyl (C=O) groups is 2. The van der Waals surface area contributed by atoms with Gasteiger partial charge in [-0.1, -0.05) is 25.2 Å². The molecule has 1 saturated carbocycles. The van der Waals surface area contributed by atoms with Crippen LogP contribution in [0.1, 0.15) is 20.3 Å². The van der Waals surface area contributed by atoms with Crippen LogP contribution in [0.5, 0.6) is 0 Å². The van der Waals surface area contributed by atoms with Crippen molar-refractivity contribution < 1.29 is 29.3 Å². The number of ether oxygens (including phenoxy) is 2. The molecule has 0 amide bonds. The molecule has 2 N–H and O–H groups in total. The molecule has 0 aromatic heterocycles. The maximum atomic E-state index is 12.2. The molecule has 1 spiro atoms. The van der Waals surface area contributed by atoms with Crippen molar-refractivity contribution in [3.05, 3.63) is 23.8 Å². The van der Waals surface area contributed by atoms with Crippen molar-refractivity contribution in [2.75, 3.05) is 6.61 Å². The minimum Gasteiger partial charge on any atom is -0.462 e. The Hall–Kier alpha value is -1.66. The molecule has 2 bridgehead atoms. The van der Waals surface area contributed by atoms with Gasteiger partial charge in [-0.2, -0.15) is 0 Å². The molecule has 2 aliphatic carbocycles. The average Bonchev–Trinajstić information content (AvgIpc) is 2.87. The monoisotopic (exact) mass is 306 g/mol. The van der Waals surface area contributed by atoms with Crippen LogP contribution in [-0.2, 0) is 19.1 Å². The van der Waals surface area contributed by atoms with E-state index in [9.17, 15) is 19.8 Å². The third kappa shape index (κ3) is 1.11. The minimum absolute atomic E-state index is 0.00329. The first-order valence-electron chi connectivity index (χ1n) is 7.39. The quantitative estimate of drug-likeness (QED) is 0.616. The maximum Gasteiger partial charge on any atom is 0.343 e. The predicted molar refractivity (Wildman–Crippen MR) is 73.3 cm³/mol. The summed E-state index contributed by atoms with van der Waals surface area (Å²) in [5.41, 5.74) is -2.39. The molecule has 2 aliphatic heterocycles. The van der Waals surface area contributed by atoms with E-state index in [0.717, 1.165) is 5.57 Å². The third-order valence-corrected chi connectivity index (χ3v) is 6.36. The van der Waals surface area contributed by atoms with Crippen LogP contribution in [0.2, 0.25) is 0 Å². The minimum atomic E-state index is -1.91. The van der Waals surface area contributed by atoms with Gasteiger partial charge in [0.15, 0.2) is 6.10 Å². The van der Waals surface area contributed by atoms with Gasteiger partial charge in [-0.05, 0) is 18.4 Å². The Bertz CT molecular complexity index is 666. The highest BCUT2D eigenvalue weighted by molar-refractivity contribution is 5.89. The van der Waals surface area contributed by atoms with Gasteiger partial charge >= 0.3 is 11.9 Å². The van der Waals surface area contributed by atoms with Crippen LogP contribution >= 0.6 is 0 Å². The van der Waals surface area contributed by atoms with E-state index in [1.165, 1.54) is 0 Å². The van der Waals surface area contributed by atoms with E-state index in [0.29, 0.717) is 5.57 Å². The molecule has 4 aliphatic rings. The standard InChI is InChI=1S/C16H18O6/c1-7-4-9-14(3)6-21-13(19)16(14,20)10-5-15(9,8(7)2)11(17)12(18)22-10/h4,8,10-11,17,20H,1,5-6H2,2-3H3/t8-,10+,11+,14-,15+,16+/m0/s1. The molecular weight excluding hydrogens is 288 g/mol. The number of aliphatic hydroxyl groups is 2. The van der Waals surface area contributed by atoms with Gasteiger partial charge in [-0.25, -0.2) is 9.59 Å². The molecule has 6 atom stereocenters. The number of esters is 2. The molecule has 2 heterocycles. The maximum absolute atomic E-state index is 12.2. The molecule has 0 aromatic carbocycles. The Labute approximate surface area is 127 Å². The number of carbonyl (C=O) groups excluding carboxylic acids is 2. The summed E-state index contributed by atoms with van der Waals surface area (Å²) in [6.07, 6.45) is -0.363. The summed E-state index contributed by atoms with van der Waals surface area (Å²) in [7, 11) is 0. The topological polar surface area (TPSA) is 93.1 Å². The summed E-state index contributed by atoms with van der Waals surface area (Å²) < 4.78 is 10.3. The lowest BCUT2D eigenvalue weighted by molar-refractivity contribution is -0.232. The highest BCUT2D eigenvalue weighted by atomic mass is 16.6. The van der Waals surface area contributed by atoms with E-state index < -0.39 is 40.6 Å². The van der Waals surface area contributed by atoms with Crippen LogP contribution in [0.4, 0.5) is 0 Å². The van der Waals surface area contributed by atoms with Gasteiger partial charge in [-0.3, -0.25) is 0 Å². The highest BCUT2D eigenvalue weighted by Crippen LogP contribution is 2.68. The Morgan fingerprint density at radius 1 is 1.41 bits per heavy atom. The summed E-state index contributed by atoms with van der Waals surface area (Å²) in [6.45, 7) is 7.62. The second-order valence-electron chi connectivity index (χ2n) is 7.10. The molecule has 0 aromatic rings. The van der Waals surface area contributed by atoms with Gasteiger partial charge in [0.2, 0.25) is 5.60 Å². The first kappa shape index (κ1) is 14.0. The number of fused-ring (bicyclic) bond motifs is 4. The SMILES string of the molecule is C=C1C=C2[C@@]3(C[C@@H](OC(=O)[C@H]3O)[C@@]3(O)C(=O)OC[C@@]23C)[C@H]1C. The summed E-state index contributed by atoms with van der Waals surface area (Å²) >= 11 is 0. The molecule has 22 heavy (non-hydrogen) atoms. The first-order valence-corrected chi connectivity index (χ1v) is 7.39. The Balaban J connectivity index is 2.02. The molecular formula is C16H18O6. The largest absolute Gasteiger partial charge is 0.462 e. The summed E-state index contributed by atoms with van der Waals surface area (Å²) in [4.78, 5) is 24.3. The van der Waals surface area contributed by atoms with E-state index >= 15 is 0 Å². The van der Waals surface area contributed by atoms with Crippen molar-refractivity contribution >= 4 is 11.9 Å². The predicted octanol–water partition coefficient (Wildman–Crippen LogP) is 0.0893. The van der Waals surface area contributed by atoms with Gasteiger partial charge in [0.05, 0.1) is 5.41 Å². The fraction of sp³-hybridized carbons (Fsp3) is 0.625. The number of allylic oxidation sites excluding steroid dienone is 2. The van der Waals surface area contributed by atoms with Crippen molar-refractivity contribution in [2.45, 2.75) is 38.1 Å². The van der Waals surface area contributed by atoms with Crippen molar-refractivity contribution in [1.82, 2.24) is 0 Å². The lowest BCUT2D eigenvalue weighted by Crippen LogP contribution is -2.71. The molecule has 4 rings (SSSR count). The van der Waals surface area contributed by atoms with Crippen molar-refractivity contribution in [3.63, 3.8) is 0 Å². The molecule has 3 fully saturated rings. The van der Waals surface area contributed by atoms with Gasteiger partial charge in [0.1, 0.15) is 12.7 Å². The van der Waals surface area contributed by atoms with Gasteiger partial charge < -0.3 is 19.7 Å². The van der Waals surface area contributed by atoms with Crippen molar-refractivity contribution in [1.29, 1.82) is 0 Å². The zero-order valence-corrected chi connectivity index (χ0v) is 12.5. The van der Waals surface area contributed by atoms with Gasteiger partial charge in [-0.15, -0.1) is 0 Å². The van der Waals surface area contributed by atoms with Crippen LogP contribution < -0.4 is 0 Å². The van der Waals surface area contributed by atoms with E-state index in [-0.39, 0.29) is 18.9 Å². The van der Waals surface area contributed by atoms with Gasteiger partial charge in [0, 0.05) is 11.8 Å². The fourth-order valence-electron chi connectivity index (χ4n) is 4.89. The van der Waals surface area contributed by atoms with Gasteiger partial charge in [0.25, 0.3) is 0 Å². The zero-order chi connectivity index (χ0) is 16.1. The number of cyclic esters (lactones) is 1. The Morgan fingerprint density at radius 2 is 2.09 bits per heavy atom. The van der Waals surface area contributed by atoms with E-state index in [1.807, 2.05) is 6.92 Å². The molecule has 0 unspecified atom stereocenters. The van der Waals surface area contributed by atoms with Crippen molar-refractivity contribution in [3.8, 4) is 0 Å². The lowest BCUT2D eigenvalue weighted by Gasteiger charge is -2.58. The van der Waals surface area contributed by atoms with Crippen LogP contribution in [0.25, 0.3) is 0 Å². The smallest absolute Gasteiger partial charge is 0.343 e.